The molecule has 0 saturated carbocycles. The minimum Gasteiger partial charge on any atom is -0.479 e. The second-order valence-electron chi connectivity index (χ2n) is 9.06. The Hall–Kier alpha value is -3.79. The number of pyridine rings is 1. The van der Waals surface area contributed by atoms with E-state index in [1.54, 1.807) is 38.4 Å². The first-order valence-corrected chi connectivity index (χ1v) is 10.9. The first-order chi connectivity index (χ1) is 16.3. The van der Waals surface area contributed by atoms with Gasteiger partial charge in [0.2, 0.25) is 0 Å². The third-order valence-electron chi connectivity index (χ3n) is 6.37. The summed E-state index contributed by atoms with van der Waals surface area (Å²) < 4.78 is 44.5. The monoisotopic (exact) mass is 464 g/mol. The average Bonchev–Trinajstić information content (AvgIpc) is 3.32. The largest absolute Gasteiger partial charge is 0.479 e. The minimum atomic E-state index is -1.05. The highest BCUT2D eigenvalue weighted by molar-refractivity contribution is 5.68. The molecule has 1 saturated heterocycles. The quantitative estimate of drug-likeness (QED) is 0.461. The molecule has 174 valence electrons. The van der Waals surface area contributed by atoms with E-state index in [1.165, 1.54) is 23.0 Å². The molecule has 8 nitrogen and oxygen atoms in total. The molecular formula is C24H22F2N6O2. The number of hydrogen-bond acceptors (Lipinski definition) is 6. The SMILES string of the molecule is CC1(C)Oc2cc(cnc2N)-c2c(cnn2C2COC2)Cc2c(F)cnn2-c2ccc(F)cc21. The summed E-state index contributed by atoms with van der Waals surface area (Å²) in [4.78, 5) is 4.36. The summed E-state index contributed by atoms with van der Waals surface area (Å²) in [5.41, 5.74) is 8.76. The summed E-state index contributed by atoms with van der Waals surface area (Å²) in [5, 5.41) is 8.88. The molecule has 10 heteroatoms. The normalized spacial score (nSPS) is 16.8. The van der Waals surface area contributed by atoms with Crippen LogP contribution in [0.4, 0.5) is 14.6 Å². The van der Waals surface area contributed by atoms with Gasteiger partial charge in [0.1, 0.15) is 11.4 Å². The van der Waals surface area contributed by atoms with Crippen molar-refractivity contribution >= 4 is 5.82 Å². The van der Waals surface area contributed by atoms with Crippen LogP contribution in [0.15, 0.2) is 42.9 Å². The van der Waals surface area contributed by atoms with E-state index in [-0.39, 0.29) is 18.3 Å². The van der Waals surface area contributed by atoms with Gasteiger partial charge in [0.15, 0.2) is 17.4 Å². The van der Waals surface area contributed by atoms with Gasteiger partial charge in [-0.25, -0.2) is 18.4 Å². The number of nitrogens with two attached hydrogens (primary N) is 1. The summed E-state index contributed by atoms with van der Waals surface area (Å²) in [6.45, 7) is 4.67. The lowest BCUT2D eigenvalue weighted by Gasteiger charge is -2.31. The van der Waals surface area contributed by atoms with E-state index in [9.17, 15) is 4.39 Å². The maximum absolute atomic E-state index is 15.1. The Kier molecular flexibility index (Phi) is 4.50. The number of fused-ring (bicyclic) bond motifs is 7. The van der Waals surface area contributed by atoms with Gasteiger partial charge in [-0.1, -0.05) is 0 Å². The van der Waals surface area contributed by atoms with Crippen molar-refractivity contribution in [1.82, 2.24) is 24.5 Å². The Labute approximate surface area is 193 Å². The van der Waals surface area contributed by atoms with Crippen molar-refractivity contribution in [2.75, 3.05) is 18.9 Å². The summed E-state index contributed by atoms with van der Waals surface area (Å²) in [5.74, 6) is -0.346. The van der Waals surface area contributed by atoms with Crippen molar-refractivity contribution < 1.29 is 18.3 Å². The first-order valence-electron chi connectivity index (χ1n) is 10.9. The van der Waals surface area contributed by atoms with Crippen LogP contribution < -0.4 is 10.5 Å². The molecule has 0 radical (unpaired) electrons. The molecule has 0 spiro atoms. The van der Waals surface area contributed by atoms with Crippen molar-refractivity contribution in [2.45, 2.75) is 31.9 Å². The van der Waals surface area contributed by atoms with Gasteiger partial charge in [-0.3, -0.25) is 4.68 Å². The van der Waals surface area contributed by atoms with Crippen molar-refractivity contribution in [1.29, 1.82) is 0 Å². The molecule has 6 rings (SSSR count). The van der Waals surface area contributed by atoms with Gasteiger partial charge in [-0.2, -0.15) is 10.2 Å². The topological polar surface area (TPSA) is 93.0 Å². The number of anilines is 1. The smallest absolute Gasteiger partial charge is 0.166 e. The van der Waals surface area contributed by atoms with Crippen LogP contribution in [0.25, 0.3) is 16.9 Å². The van der Waals surface area contributed by atoms with Crippen LogP contribution >= 0.6 is 0 Å². The van der Waals surface area contributed by atoms with Crippen LogP contribution in [0, 0.1) is 11.6 Å². The molecule has 0 atom stereocenters. The standard InChI is InChI=1S/C24H22F2N6O2/c1-24(2)17-7-15(25)3-4-19(17)32-20(18(26)10-30-32)5-13-9-29-31(16-11-33-12-16)22(13)14-6-21(34-24)23(27)28-8-14/h3-4,6-10,16H,5,11-12H2,1-2H3,(H2,27,28). The number of nitrogen functional groups attached to an aromatic ring is 1. The summed E-state index contributed by atoms with van der Waals surface area (Å²) >= 11 is 0. The van der Waals surface area contributed by atoms with Crippen LogP contribution in [-0.2, 0) is 16.8 Å². The highest BCUT2D eigenvalue weighted by Gasteiger charge is 2.32. The lowest BCUT2D eigenvalue weighted by Crippen LogP contribution is -2.32. The number of hydrogen-bond donors (Lipinski definition) is 1. The molecule has 2 aliphatic rings. The summed E-state index contributed by atoms with van der Waals surface area (Å²) in [7, 11) is 0. The second kappa shape index (κ2) is 7.36. The zero-order valence-corrected chi connectivity index (χ0v) is 18.6. The predicted molar refractivity (Wildman–Crippen MR) is 120 cm³/mol. The Balaban J connectivity index is 1.65. The van der Waals surface area contributed by atoms with Crippen LogP contribution in [0.3, 0.4) is 0 Å². The molecule has 1 aromatic carbocycles. The zero-order chi connectivity index (χ0) is 23.6. The fraction of sp³-hybridized carbons (Fsp3) is 0.292. The van der Waals surface area contributed by atoms with E-state index < -0.39 is 17.2 Å². The minimum absolute atomic E-state index is 0.0634. The van der Waals surface area contributed by atoms with E-state index in [4.69, 9.17) is 15.2 Å². The highest BCUT2D eigenvalue weighted by atomic mass is 19.1. The maximum Gasteiger partial charge on any atom is 0.166 e. The molecule has 0 aliphatic carbocycles. The van der Waals surface area contributed by atoms with Gasteiger partial charge in [-0.15, -0.1) is 0 Å². The van der Waals surface area contributed by atoms with E-state index in [2.05, 4.69) is 15.2 Å². The molecule has 4 aromatic rings. The van der Waals surface area contributed by atoms with Gasteiger partial charge in [0.05, 0.1) is 48.7 Å². The molecule has 3 aromatic heterocycles. The number of benzene rings is 1. The fourth-order valence-corrected chi connectivity index (χ4v) is 4.56. The van der Waals surface area contributed by atoms with Crippen molar-refractivity contribution in [3.63, 3.8) is 0 Å². The van der Waals surface area contributed by atoms with Crippen LogP contribution in [0.2, 0.25) is 0 Å². The van der Waals surface area contributed by atoms with Gasteiger partial charge in [0, 0.05) is 29.3 Å². The molecule has 0 unspecified atom stereocenters. The average molecular weight is 464 g/mol. The predicted octanol–water partition coefficient (Wildman–Crippen LogP) is 3.78. The van der Waals surface area contributed by atoms with Gasteiger partial charge >= 0.3 is 0 Å². The number of ether oxygens (including phenoxy) is 2. The van der Waals surface area contributed by atoms with Crippen molar-refractivity contribution in [3.8, 4) is 22.7 Å². The Morgan fingerprint density at radius 3 is 2.68 bits per heavy atom. The van der Waals surface area contributed by atoms with Crippen LogP contribution in [0.1, 0.15) is 36.7 Å². The van der Waals surface area contributed by atoms with Crippen LogP contribution in [0.5, 0.6) is 5.75 Å². The van der Waals surface area contributed by atoms with Gasteiger partial charge < -0.3 is 15.2 Å². The molecule has 2 bridgehead atoms. The first kappa shape index (κ1) is 20.8. The Bertz CT molecular complexity index is 1420. The molecule has 34 heavy (non-hydrogen) atoms. The summed E-state index contributed by atoms with van der Waals surface area (Å²) in [6, 6.07) is 6.13. The van der Waals surface area contributed by atoms with Gasteiger partial charge in [0.25, 0.3) is 0 Å². The Morgan fingerprint density at radius 2 is 1.91 bits per heavy atom. The Morgan fingerprint density at radius 1 is 1.09 bits per heavy atom. The summed E-state index contributed by atoms with van der Waals surface area (Å²) in [6.07, 6.45) is 4.76. The highest BCUT2D eigenvalue weighted by Crippen LogP contribution is 2.39. The maximum atomic E-state index is 15.1. The van der Waals surface area contributed by atoms with Crippen molar-refractivity contribution in [3.05, 3.63) is 71.3 Å². The molecule has 2 N–H and O–H groups in total. The number of halogens is 2. The third-order valence-corrected chi connectivity index (χ3v) is 6.37. The fourth-order valence-electron chi connectivity index (χ4n) is 4.56. The number of aromatic nitrogens is 5. The second-order valence-corrected chi connectivity index (χ2v) is 9.06. The lowest BCUT2D eigenvalue weighted by molar-refractivity contribution is -0.0278. The van der Waals surface area contributed by atoms with E-state index in [1.807, 2.05) is 4.68 Å². The van der Waals surface area contributed by atoms with Crippen LogP contribution in [-0.4, -0.2) is 37.8 Å². The number of nitrogens with zero attached hydrogens (tertiary/aromatic N) is 5. The number of rotatable bonds is 1. The van der Waals surface area contributed by atoms with Gasteiger partial charge in [-0.05, 0) is 38.1 Å². The third kappa shape index (κ3) is 3.17. The van der Waals surface area contributed by atoms with Crippen molar-refractivity contribution in [2.24, 2.45) is 0 Å². The molecule has 5 heterocycles. The molecule has 0 amide bonds. The van der Waals surface area contributed by atoms with E-state index in [0.717, 1.165) is 16.8 Å². The lowest BCUT2D eigenvalue weighted by atomic mass is 9.95. The molecular weight excluding hydrogens is 442 g/mol. The van der Waals surface area contributed by atoms with E-state index >= 15 is 4.39 Å². The zero-order valence-electron chi connectivity index (χ0n) is 18.6. The molecule has 1 fully saturated rings. The molecule has 2 aliphatic heterocycles. The van der Waals surface area contributed by atoms with E-state index in [0.29, 0.717) is 35.9 Å².